The lowest BCUT2D eigenvalue weighted by atomic mass is 10.2. The number of ether oxygens (including phenoxy) is 1. The number of sulfonamides is 1. The van der Waals surface area contributed by atoms with E-state index in [1.165, 1.54) is 36.5 Å². The number of nitrogens with zero attached hydrogens (tertiary/aromatic N) is 2. The number of benzene rings is 2. The van der Waals surface area contributed by atoms with E-state index in [1.807, 2.05) is 0 Å². The molecule has 0 atom stereocenters. The Bertz CT molecular complexity index is 1270. The number of nitrogens with one attached hydrogen (secondary N) is 2. The first kappa shape index (κ1) is 19.7. The van der Waals surface area contributed by atoms with Crippen molar-refractivity contribution >= 4 is 21.7 Å². The normalized spacial score (nSPS) is 15.8. The van der Waals surface area contributed by atoms with E-state index in [-0.39, 0.29) is 34.5 Å². The molecule has 11 heteroatoms. The number of guanidine groups is 1. The number of hydrogen-bond donors (Lipinski definition) is 2. The van der Waals surface area contributed by atoms with Gasteiger partial charge in [0.25, 0.3) is 10.0 Å². The Morgan fingerprint density at radius 3 is 2.63 bits per heavy atom. The molecule has 0 spiro atoms. The summed E-state index contributed by atoms with van der Waals surface area (Å²) in [5, 5.41) is 2.64. The second kappa shape index (κ2) is 7.67. The third-order valence-corrected chi connectivity index (χ3v) is 5.45. The van der Waals surface area contributed by atoms with Gasteiger partial charge in [-0.15, -0.1) is 0 Å². The number of aliphatic imine (C=N–C) groups is 1. The van der Waals surface area contributed by atoms with E-state index in [9.17, 15) is 21.6 Å². The lowest BCUT2D eigenvalue weighted by Crippen LogP contribution is -2.41. The minimum absolute atomic E-state index is 0.00716. The molecule has 3 aromatic rings. The van der Waals surface area contributed by atoms with E-state index in [1.54, 1.807) is 0 Å². The molecule has 1 aliphatic rings. The molecule has 154 valence electrons. The van der Waals surface area contributed by atoms with E-state index >= 15 is 0 Å². The van der Waals surface area contributed by atoms with Crippen LogP contribution in [0.5, 0.6) is 11.5 Å². The number of aromatic nitrogens is 1. The fourth-order valence-electron chi connectivity index (χ4n) is 2.72. The van der Waals surface area contributed by atoms with Crippen LogP contribution >= 0.6 is 0 Å². The van der Waals surface area contributed by atoms with E-state index in [0.717, 1.165) is 18.2 Å². The fraction of sp³-hybridized carbons (Fsp3) is 0.0526. The molecular formula is C19H13F3N4O3S. The number of hydrogen-bond acceptors (Lipinski definition) is 5. The molecule has 0 fully saturated rings. The van der Waals surface area contributed by atoms with Crippen molar-refractivity contribution in [1.82, 2.24) is 9.71 Å². The Kier molecular flexibility index (Phi) is 5.04. The second-order valence-electron chi connectivity index (χ2n) is 6.14. The zero-order valence-corrected chi connectivity index (χ0v) is 15.9. The van der Waals surface area contributed by atoms with Crippen LogP contribution in [0.4, 0.5) is 18.9 Å². The zero-order valence-electron chi connectivity index (χ0n) is 15.1. The van der Waals surface area contributed by atoms with Crippen LogP contribution < -0.4 is 14.8 Å². The van der Waals surface area contributed by atoms with Crippen LogP contribution in [0.1, 0.15) is 5.69 Å². The summed E-state index contributed by atoms with van der Waals surface area (Å²) in [5.41, 5.74) is -0.231. The fourth-order valence-corrected chi connectivity index (χ4v) is 3.86. The van der Waals surface area contributed by atoms with Gasteiger partial charge in [0.15, 0.2) is 11.6 Å². The molecular weight excluding hydrogens is 421 g/mol. The van der Waals surface area contributed by atoms with Gasteiger partial charge in [0, 0.05) is 12.3 Å². The summed E-state index contributed by atoms with van der Waals surface area (Å²) < 4.78 is 74.4. The number of rotatable bonds is 4. The van der Waals surface area contributed by atoms with Gasteiger partial charge < -0.3 is 10.1 Å². The number of halogens is 3. The highest BCUT2D eigenvalue weighted by atomic mass is 32.2. The summed E-state index contributed by atoms with van der Waals surface area (Å²) in [7, 11) is -4.12. The molecule has 2 N–H and O–H groups in total. The zero-order chi connectivity index (χ0) is 21.3. The van der Waals surface area contributed by atoms with Gasteiger partial charge in [0.05, 0.1) is 12.2 Å². The van der Waals surface area contributed by atoms with Crippen molar-refractivity contribution in [2.75, 3.05) is 5.32 Å². The van der Waals surface area contributed by atoms with Crippen LogP contribution in [0.2, 0.25) is 0 Å². The summed E-state index contributed by atoms with van der Waals surface area (Å²) in [5.74, 6) is -2.87. The maximum absolute atomic E-state index is 14.5. The van der Waals surface area contributed by atoms with Crippen LogP contribution in [-0.2, 0) is 16.6 Å². The van der Waals surface area contributed by atoms with Gasteiger partial charge in [-0.25, -0.2) is 31.3 Å². The molecule has 0 unspecified atom stereocenters. The van der Waals surface area contributed by atoms with Gasteiger partial charge >= 0.3 is 0 Å². The molecule has 4 rings (SSSR count). The van der Waals surface area contributed by atoms with Gasteiger partial charge in [-0.3, -0.25) is 4.98 Å². The van der Waals surface area contributed by atoms with Gasteiger partial charge in [0.1, 0.15) is 28.0 Å². The van der Waals surface area contributed by atoms with Gasteiger partial charge in [-0.1, -0.05) is 6.07 Å². The maximum Gasteiger partial charge on any atom is 0.266 e. The van der Waals surface area contributed by atoms with Crippen molar-refractivity contribution in [1.29, 1.82) is 0 Å². The number of fused-ring (bicyclic) bond motifs is 1. The topological polar surface area (TPSA) is 92.7 Å². The monoisotopic (exact) mass is 434 g/mol. The van der Waals surface area contributed by atoms with E-state index < -0.39 is 33.2 Å². The average molecular weight is 434 g/mol. The van der Waals surface area contributed by atoms with Crippen LogP contribution in [0, 0.1) is 17.5 Å². The van der Waals surface area contributed by atoms with Crippen molar-refractivity contribution in [3.63, 3.8) is 0 Å². The molecule has 1 aliphatic heterocycles. The lowest BCUT2D eigenvalue weighted by molar-refractivity contribution is 0.439. The summed E-state index contributed by atoms with van der Waals surface area (Å²) in [6, 6.07) is 9.51. The Hall–Kier alpha value is -3.60. The van der Waals surface area contributed by atoms with E-state index in [2.05, 4.69) is 20.0 Å². The minimum Gasteiger partial charge on any atom is -0.452 e. The first-order chi connectivity index (χ1) is 14.3. The highest BCUT2D eigenvalue weighted by molar-refractivity contribution is 7.90. The maximum atomic E-state index is 14.5. The molecule has 0 saturated carbocycles. The Labute approximate surface area is 169 Å². The largest absolute Gasteiger partial charge is 0.452 e. The van der Waals surface area contributed by atoms with Crippen LogP contribution in [-0.4, -0.2) is 19.4 Å². The predicted molar refractivity (Wildman–Crippen MR) is 102 cm³/mol. The first-order valence-corrected chi connectivity index (χ1v) is 10.0. The van der Waals surface area contributed by atoms with Crippen LogP contribution in [0.3, 0.4) is 0 Å². The summed E-state index contributed by atoms with van der Waals surface area (Å²) in [6.45, 7) is -0.276. The lowest BCUT2D eigenvalue weighted by Gasteiger charge is -2.24. The van der Waals surface area contributed by atoms with Crippen molar-refractivity contribution < 1.29 is 26.3 Å². The minimum atomic E-state index is -4.12. The molecule has 30 heavy (non-hydrogen) atoms. The van der Waals surface area contributed by atoms with Crippen molar-refractivity contribution in [3.8, 4) is 11.5 Å². The highest BCUT2D eigenvalue weighted by Gasteiger charge is 2.31. The molecule has 1 aromatic heterocycles. The van der Waals surface area contributed by atoms with Gasteiger partial charge in [0.2, 0.25) is 5.96 Å². The molecule has 7 nitrogen and oxygen atoms in total. The van der Waals surface area contributed by atoms with Crippen molar-refractivity contribution in [2.45, 2.75) is 11.4 Å². The average Bonchev–Trinajstić information content (AvgIpc) is 2.69. The van der Waals surface area contributed by atoms with Crippen LogP contribution in [0.25, 0.3) is 0 Å². The standard InChI is InChI=1S/C19H13F3N4O3S/c20-11-3-1-4-12(9-11)29-18-14(22)6-7-16-17(18)25-19(26-30(16,27)28)24-10-15-13(21)5-2-8-23-15/h1-9H,10H2,(H2,24,25,26). The Balaban J connectivity index is 1.72. The molecule has 0 aliphatic carbocycles. The Morgan fingerprint density at radius 2 is 1.87 bits per heavy atom. The van der Waals surface area contributed by atoms with Crippen molar-refractivity contribution in [2.24, 2.45) is 4.99 Å². The quantitative estimate of drug-likeness (QED) is 0.655. The predicted octanol–water partition coefficient (Wildman–Crippen LogP) is 3.55. The smallest absolute Gasteiger partial charge is 0.266 e. The molecule has 0 amide bonds. The highest BCUT2D eigenvalue weighted by Crippen LogP contribution is 2.39. The van der Waals surface area contributed by atoms with E-state index in [4.69, 9.17) is 4.74 Å². The summed E-state index contributed by atoms with van der Waals surface area (Å²) in [4.78, 5) is 7.51. The van der Waals surface area contributed by atoms with E-state index in [0.29, 0.717) is 0 Å². The molecule has 0 radical (unpaired) electrons. The van der Waals surface area contributed by atoms with Gasteiger partial charge in [-0.2, -0.15) is 0 Å². The number of anilines is 1. The summed E-state index contributed by atoms with van der Waals surface area (Å²) in [6.07, 6.45) is 1.37. The molecule has 0 bridgehead atoms. The SMILES string of the molecule is O=S1(=O)NC(=NCc2ncccc2F)Nc2c1ccc(F)c2Oc1cccc(F)c1. The van der Waals surface area contributed by atoms with Gasteiger partial charge in [-0.05, 0) is 36.4 Å². The third kappa shape index (κ3) is 3.92. The molecule has 2 heterocycles. The van der Waals surface area contributed by atoms with Crippen molar-refractivity contribution in [3.05, 3.63) is 77.9 Å². The molecule has 0 saturated heterocycles. The van der Waals surface area contributed by atoms with Crippen LogP contribution in [0.15, 0.2) is 64.6 Å². The summed E-state index contributed by atoms with van der Waals surface area (Å²) >= 11 is 0. The Morgan fingerprint density at radius 1 is 1.03 bits per heavy atom. The first-order valence-electron chi connectivity index (χ1n) is 8.53. The second-order valence-corrected chi connectivity index (χ2v) is 7.79. The number of pyridine rings is 1. The molecule has 2 aromatic carbocycles. The third-order valence-electron chi connectivity index (χ3n) is 4.07.